The number of rotatable bonds is 0. The van der Waals surface area contributed by atoms with Crippen molar-refractivity contribution in [3.05, 3.63) is 39.5 Å². The first-order chi connectivity index (χ1) is 7.75. The lowest BCUT2D eigenvalue weighted by atomic mass is 9.79. The summed E-state index contributed by atoms with van der Waals surface area (Å²) in [6.07, 6.45) is 3.55. The van der Waals surface area contributed by atoms with Gasteiger partial charge in [-0.05, 0) is 78.5 Å². The Morgan fingerprint density at radius 3 is 1.88 bits per heavy atom. The molecule has 0 N–H and O–H groups in total. The lowest BCUT2D eigenvalue weighted by Crippen LogP contribution is -2.10. The molecule has 1 aliphatic carbocycles. The molecule has 0 aromatic heterocycles. The summed E-state index contributed by atoms with van der Waals surface area (Å²) in [5.74, 6) is 0. The summed E-state index contributed by atoms with van der Waals surface area (Å²) in [6, 6.07) is 0. The molecule has 0 fully saturated rings. The quantitative estimate of drug-likeness (QED) is 0.592. The topological polar surface area (TPSA) is 0 Å². The molecule has 0 aliphatic heterocycles. The first-order valence-corrected chi connectivity index (χ1v) is 6.55. The second kappa shape index (κ2) is 3.73. The summed E-state index contributed by atoms with van der Waals surface area (Å²) in [6.45, 7) is 16.0. The smallest absolute Gasteiger partial charge is 0.00823 e. The number of benzene rings is 1. The van der Waals surface area contributed by atoms with Gasteiger partial charge in [-0.15, -0.1) is 0 Å². The minimum atomic E-state index is 0.254. The number of hydrogen-bond donors (Lipinski definition) is 0. The number of hydrogen-bond acceptors (Lipinski definition) is 0. The maximum absolute atomic E-state index is 2.43. The first-order valence-electron chi connectivity index (χ1n) is 6.55. The summed E-state index contributed by atoms with van der Waals surface area (Å²) in [7, 11) is 0. The normalized spacial score (nSPS) is 14.9. The van der Waals surface area contributed by atoms with E-state index in [2.05, 4.69) is 54.5 Å². The lowest BCUT2D eigenvalue weighted by Gasteiger charge is -2.25. The molecule has 0 heteroatoms. The van der Waals surface area contributed by atoms with Crippen LogP contribution in [-0.2, 0) is 6.42 Å². The maximum atomic E-state index is 2.43. The van der Waals surface area contributed by atoms with Crippen molar-refractivity contribution < 1.29 is 0 Å². The molecule has 1 aliphatic rings. The molecular weight excluding hydrogens is 204 g/mol. The van der Waals surface area contributed by atoms with Crippen molar-refractivity contribution in [1.82, 2.24) is 0 Å². The predicted molar refractivity (Wildman–Crippen MR) is 76.5 cm³/mol. The SMILES string of the molecule is Cc1c(C)c(C)c2c(c1C)CC=C2C(C)(C)C. The number of fused-ring (bicyclic) bond motifs is 1. The van der Waals surface area contributed by atoms with Gasteiger partial charge in [-0.1, -0.05) is 26.8 Å². The molecule has 0 atom stereocenters. The zero-order chi connectivity index (χ0) is 13.0. The van der Waals surface area contributed by atoms with Gasteiger partial charge in [0, 0.05) is 0 Å². The fourth-order valence-corrected chi connectivity index (χ4v) is 3.00. The van der Waals surface area contributed by atoms with Gasteiger partial charge in [0.05, 0.1) is 0 Å². The fourth-order valence-electron chi connectivity index (χ4n) is 3.00. The van der Waals surface area contributed by atoms with E-state index < -0.39 is 0 Å². The predicted octanol–water partition coefficient (Wildman–Crippen LogP) is 4.91. The molecular formula is C17H24. The summed E-state index contributed by atoms with van der Waals surface area (Å²) in [4.78, 5) is 0. The van der Waals surface area contributed by atoms with Crippen LogP contribution < -0.4 is 0 Å². The van der Waals surface area contributed by atoms with Crippen LogP contribution in [0.3, 0.4) is 0 Å². The molecule has 17 heavy (non-hydrogen) atoms. The molecule has 0 spiro atoms. The minimum Gasteiger partial charge on any atom is -0.0757 e. The maximum Gasteiger partial charge on any atom is -0.00823 e. The van der Waals surface area contributed by atoms with Crippen LogP contribution in [0.15, 0.2) is 6.08 Å². The highest BCUT2D eigenvalue weighted by atomic mass is 14.3. The summed E-state index contributed by atoms with van der Waals surface area (Å²) >= 11 is 0. The Morgan fingerprint density at radius 1 is 0.824 bits per heavy atom. The van der Waals surface area contributed by atoms with Crippen LogP contribution in [0.5, 0.6) is 0 Å². The summed E-state index contributed by atoms with van der Waals surface area (Å²) in [5, 5.41) is 0. The molecule has 0 saturated heterocycles. The molecule has 1 aromatic carbocycles. The molecule has 0 unspecified atom stereocenters. The van der Waals surface area contributed by atoms with Crippen molar-refractivity contribution in [3.63, 3.8) is 0 Å². The van der Waals surface area contributed by atoms with Gasteiger partial charge in [0.1, 0.15) is 0 Å². The third kappa shape index (κ3) is 1.74. The second-order valence-electron chi connectivity index (χ2n) is 6.43. The van der Waals surface area contributed by atoms with Crippen LogP contribution in [0.4, 0.5) is 0 Å². The van der Waals surface area contributed by atoms with Gasteiger partial charge in [0.2, 0.25) is 0 Å². The Bertz CT molecular complexity index is 508. The third-order valence-corrected chi connectivity index (χ3v) is 4.40. The molecule has 0 radical (unpaired) electrons. The van der Waals surface area contributed by atoms with E-state index in [0.29, 0.717) is 0 Å². The van der Waals surface area contributed by atoms with E-state index in [9.17, 15) is 0 Å². The van der Waals surface area contributed by atoms with Gasteiger partial charge in [0.25, 0.3) is 0 Å². The molecule has 0 amide bonds. The van der Waals surface area contributed by atoms with Crippen molar-refractivity contribution in [2.75, 3.05) is 0 Å². The molecule has 92 valence electrons. The van der Waals surface area contributed by atoms with E-state index in [1.54, 1.807) is 5.56 Å². The molecule has 0 heterocycles. The van der Waals surface area contributed by atoms with Gasteiger partial charge in [0.15, 0.2) is 0 Å². The van der Waals surface area contributed by atoms with Gasteiger partial charge < -0.3 is 0 Å². The van der Waals surface area contributed by atoms with Crippen LogP contribution in [0, 0.1) is 33.1 Å². The van der Waals surface area contributed by atoms with Crippen LogP contribution in [-0.4, -0.2) is 0 Å². The van der Waals surface area contributed by atoms with E-state index in [-0.39, 0.29) is 5.41 Å². The van der Waals surface area contributed by atoms with E-state index in [1.165, 1.54) is 33.4 Å². The highest BCUT2D eigenvalue weighted by molar-refractivity contribution is 5.80. The second-order valence-corrected chi connectivity index (χ2v) is 6.43. The van der Waals surface area contributed by atoms with E-state index in [1.807, 2.05) is 0 Å². The van der Waals surface area contributed by atoms with E-state index in [4.69, 9.17) is 0 Å². The van der Waals surface area contributed by atoms with Crippen molar-refractivity contribution in [3.8, 4) is 0 Å². The van der Waals surface area contributed by atoms with E-state index in [0.717, 1.165) is 6.42 Å². The third-order valence-electron chi connectivity index (χ3n) is 4.40. The molecule has 0 saturated carbocycles. The highest BCUT2D eigenvalue weighted by Gasteiger charge is 2.28. The van der Waals surface area contributed by atoms with Crippen molar-refractivity contribution in [2.45, 2.75) is 54.9 Å². The standard InChI is InChI=1S/C17H24/c1-10-11(2)13(4)16-14(12(10)3)8-9-15(16)17(5,6)7/h9H,8H2,1-7H3. The van der Waals surface area contributed by atoms with Crippen molar-refractivity contribution >= 4 is 5.57 Å². The average Bonchev–Trinajstić information content (AvgIpc) is 2.67. The average molecular weight is 228 g/mol. The number of allylic oxidation sites excluding steroid dienone is 2. The Balaban J connectivity index is 2.74. The Kier molecular flexibility index (Phi) is 2.72. The monoisotopic (exact) mass is 228 g/mol. The zero-order valence-corrected chi connectivity index (χ0v) is 12.3. The van der Waals surface area contributed by atoms with Gasteiger partial charge >= 0.3 is 0 Å². The fraction of sp³-hybridized carbons (Fsp3) is 0.529. The summed E-state index contributed by atoms with van der Waals surface area (Å²) in [5.41, 5.74) is 10.8. The Hall–Kier alpha value is -1.04. The molecule has 0 nitrogen and oxygen atoms in total. The van der Waals surface area contributed by atoms with Crippen LogP contribution in [0.1, 0.15) is 54.2 Å². The van der Waals surface area contributed by atoms with Crippen molar-refractivity contribution in [2.24, 2.45) is 5.41 Å². The molecule has 2 rings (SSSR count). The first kappa shape index (κ1) is 12.4. The van der Waals surface area contributed by atoms with Gasteiger partial charge in [-0.3, -0.25) is 0 Å². The van der Waals surface area contributed by atoms with Crippen LogP contribution in [0.2, 0.25) is 0 Å². The minimum absolute atomic E-state index is 0.254. The summed E-state index contributed by atoms with van der Waals surface area (Å²) < 4.78 is 0. The highest BCUT2D eigenvalue weighted by Crippen LogP contribution is 2.44. The van der Waals surface area contributed by atoms with Gasteiger partial charge in [-0.2, -0.15) is 0 Å². The molecule has 0 bridgehead atoms. The van der Waals surface area contributed by atoms with Gasteiger partial charge in [-0.25, -0.2) is 0 Å². The Morgan fingerprint density at radius 2 is 1.35 bits per heavy atom. The largest absolute Gasteiger partial charge is 0.0757 e. The van der Waals surface area contributed by atoms with Crippen molar-refractivity contribution in [1.29, 1.82) is 0 Å². The van der Waals surface area contributed by atoms with E-state index >= 15 is 0 Å². The Labute approximate surface area is 106 Å². The van der Waals surface area contributed by atoms with Crippen LogP contribution in [0.25, 0.3) is 5.57 Å². The molecule has 1 aromatic rings. The zero-order valence-electron chi connectivity index (χ0n) is 12.3. The van der Waals surface area contributed by atoms with Crippen LogP contribution >= 0.6 is 0 Å². The lowest BCUT2D eigenvalue weighted by molar-refractivity contribution is 0.567.